The molecule has 3 rings (SSSR count). The Morgan fingerprint density at radius 1 is 0.537 bits per heavy atom. The van der Waals surface area contributed by atoms with E-state index in [2.05, 4.69) is 26.3 Å². The minimum Gasteiger partial charge on any atom is -0.419 e. The van der Waals surface area contributed by atoms with Crippen molar-refractivity contribution in [2.75, 3.05) is 0 Å². The van der Waals surface area contributed by atoms with E-state index in [0.717, 1.165) is 24.3 Å². The van der Waals surface area contributed by atoms with Gasteiger partial charge in [0.15, 0.2) is 23.0 Å². The molecule has 0 bridgehead atoms. The maximum absolute atomic E-state index is 15.2. The first kappa shape index (κ1) is 29.7. The summed E-state index contributed by atoms with van der Waals surface area (Å²) in [6.45, 7) is 13.3. The molecule has 0 aliphatic carbocycles. The van der Waals surface area contributed by atoms with Gasteiger partial charge in [-0.05, 0) is 47.0 Å². The monoisotopic (exact) mass is 554 g/mol. The van der Waals surface area contributed by atoms with Crippen LogP contribution in [-0.4, -0.2) is 23.9 Å². The average molecular weight is 555 g/mol. The van der Waals surface area contributed by atoms with E-state index in [-0.39, 0.29) is 28.6 Å². The van der Waals surface area contributed by atoms with Gasteiger partial charge in [-0.25, -0.2) is 23.6 Å². The molecule has 0 aliphatic rings. The van der Waals surface area contributed by atoms with Crippen molar-refractivity contribution >= 4 is 36.0 Å². The van der Waals surface area contributed by atoms with Gasteiger partial charge >= 0.3 is 23.9 Å². The minimum atomic E-state index is -0.798. The van der Waals surface area contributed by atoms with Crippen LogP contribution in [0.4, 0.5) is 4.39 Å². The molecule has 0 fully saturated rings. The lowest BCUT2D eigenvalue weighted by Crippen LogP contribution is -2.08. The van der Waals surface area contributed by atoms with E-state index in [1.807, 2.05) is 0 Å². The van der Waals surface area contributed by atoms with Gasteiger partial charge in [-0.15, -0.1) is 0 Å². The highest BCUT2D eigenvalue weighted by Gasteiger charge is 2.15. The predicted molar refractivity (Wildman–Crippen MR) is 151 cm³/mol. The van der Waals surface area contributed by atoms with Crippen LogP contribution in [0.2, 0.25) is 0 Å². The van der Waals surface area contributed by atoms with Crippen molar-refractivity contribution in [3.05, 3.63) is 122 Å². The summed E-state index contributed by atoms with van der Waals surface area (Å²) in [5.41, 5.74) is 1.58. The molecule has 3 aromatic carbocycles. The molecule has 0 atom stereocenters. The molecule has 8 nitrogen and oxygen atoms in total. The largest absolute Gasteiger partial charge is 0.419 e. The Morgan fingerprint density at radius 3 is 1.44 bits per heavy atom. The van der Waals surface area contributed by atoms with E-state index in [1.54, 1.807) is 24.3 Å². The summed E-state index contributed by atoms with van der Waals surface area (Å²) in [4.78, 5) is 46.7. The van der Waals surface area contributed by atoms with Crippen LogP contribution in [0, 0.1) is 5.82 Å². The second kappa shape index (κ2) is 13.8. The molecule has 0 aliphatic heterocycles. The SMILES string of the molecule is C=CC(=O)Oc1ccc(/C=C/c2ccc(-c3ccc(OC(=O)C=C)c(OC(=O)C=C)c3)c(F)c2)cc1OC(=O)C=C. The fourth-order valence-electron chi connectivity index (χ4n) is 3.29. The number of carbonyl (C=O) groups is 4. The van der Waals surface area contributed by atoms with E-state index in [1.165, 1.54) is 42.5 Å². The predicted octanol–water partition coefficient (Wildman–Crippen LogP) is 6.03. The molecule has 0 amide bonds. The molecule has 0 N–H and O–H groups in total. The molecule has 3 aromatic rings. The highest BCUT2D eigenvalue weighted by Crippen LogP contribution is 2.35. The summed E-state index contributed by atoms with van der Waals surface area (Å²) in [5.74, 6) is -3.84. The van der Waals surface area contributed by atoms with Gasteiger partial charge in [0.25, 0.3) is 0 Å². The number of esters is 4. The van der Waals surface area contributed by atoms with E-state index in [4.69, 9.17) is 18.9 Å². The Hall–Kier alpha value is -5.83. The third-order valence-corrected chi connectivity index (χ3v) is 5.19. The Kier molecular flexibility index (Phi) is 10.0. The summed E-state index contributed by atoms with van der Waals surface area (Å²) in [6.07, 6.45) is 7.05. The number of hydrogen-bond acceptors (Lipinski definition) is 8. The third kappa shape index (κ3) is 8.08. The van der Waals surface area contributed by atoms with Gasteiger partial charge in [-0.3, -0.25) is 0 Å². The first-order valence-electron chi connectivity index (χ1n) is 11.8. The lowest BCUT2D eigenvalue weighted by molar-refractivity contribution is -0.131. The van der Waals surface area contributed by atoms with E-state index in [9.17, 15) is 19.2 Å². The minimum absolute atomic E-state index is 0.000985. The molecular weight excluding hydrogens is 531 g/mol. The molecule has 0 spiro atoms. The van der Waals surface area contributed by atoms with Crippen LogP contribution in [-0.2, 0) is 19.2 Å². The van der Waals surface area contributed by atoms with Gasteiger partial charge in [0.2, 0.25) is 0 Å². The second-order valence-electron chi connectivity index (χ2n) is 7.94. The summed E-state index contributed by atoms with van der Waals surface area (Å²) in [7, 11) is 0. The zero-order valence-electron chi connectivity index (χ0n) is 21.6. The van der Waals surface area contributed by atoms with Gasteiger partial charge in [-0.1, -0.05) is 62.7 Å². The van der Waals surface area contributed by atoms with Gasteiger partial charge < -0.3 is 18.9 Å². The highest BCUT2D eigenvalue weighted by atomic mass is 19.1. The van der Waals surface area contributed by atoms with Crippen LogP contribution in [0.1, 0.15) is 11.1 Å². The molecule has 41 heavy (non-hydrogen) atoms. The smallest absolute Gasteiger partial charge is 0.335 e. The fraction of sp³-hybridized carbons (Fsp3) is 0. The van der Waals surface area contributed by atoms with Gasteiger partial charge in [-0.2, -0.15) is 0 Å². The quantitative estimate of drug-likeness (QED) is 0.123. The summed E-state index contributed by atoms with van der Waals surface area (Å²) in [5, 5.41) is 0. The molecule has 0 radical (unpaired) electrons. The normalized spacial score (nSPS) is 10.3. The van der Waals surface area contributed by atoms with E-state index >= 15 is 4.39 Å². The number of ether oxygens (including phenoxy) is 4. The number of benzene rings is 3. The number of halogens is 1. The van der Waals surface area contributed by atoms with Crippen molar-refractivity contribution in [2.45, 2.75) is 0 Å². The van der Waals surface area contributed by atoms with E-state index < -0.39 is 29.7 Å². The fourth-order valence-corrected chi connectivity index (χ4v) is 3.29. The van der Waals surface area contributed by atoms with Crippen LogP contribution in [0.25, 0.3) is 23.3 Å². The topological polar surface area (TPSA) is 105 Å². The highest BCUT2D eigenvalue weighted by molar-refractivity contribution is 5.88. The molecule has 0 saturated heterocycles. The van der Waals surface area contributed by atoms with Crippen molar-refractivity contribution in [2.24, 2.45) is 0 Å². The zero-order valence-corrected chi connectivity index (χ0v) is 21.6. The van der Waals surface area contributed by atoms with Crippen molar-refractivity contribution in [1.29, 1.82) is 0 Å². The van der Waals surface area contributed by atoms with Crippen molar-refractivity contribution in [3.63, 3.8) is 0 Å². The molecule has 206 valence electrons. The zero-order chi connectivity index (χ0) is 29.9. The standard InChI is InChI=1S/C32H23FO8/c1-5-29(34)38-25-15-12-21(18-27(25)40-31(36)7-3)10-9-20-11-14-23(24(33)17-20)22-13-16-26(39-30(35)6-2)28(19-22)41-32(37)8-4/h5-19H,1-4H2/b10-9+. The Labute approximate surface area is 234 Å². The van der Waals surface area contributed by atoms with Crippen LogP contribution >= 0.6 is 0 Å². The molecule has 9 heteroatoms. The third-order valence-electron chi connectivity index (χ3n) is 5.19. The molecule has 0 aromatic heterocycles. The number of rotatable bonds is 11. The molecular formula is C32H23FO8. The molecule has 0 saturated carbocycles. The van der Waals surface area contributed by atoms with Crippen LogP contribution in [0.15, 0.2) is 105 Å². The number of hydrogen-bond donors (Lipinski definition) is 0. The van der Waals surface area contributed by atoms with Crippen molar-refractivity contribution < 1.29 is 42.5 Å². The first-order valence-corrected chi connectivity index (χ1v) is 11.8. The second-order valence-corrected chi connectivity index (χ2v) is 7.94. The van der Waals surface area contributed by atoms with Crippen LogP contribution in [0.5, 0.6) is 23.0 Å². The lowest BCUT2D eigenvalue weighted by atomic mass is 10.0. The van der Waals surface area contributed by atoms with E-state index in [0.29, 0.717) is 16.7 Å². The summed E-state index contributed by atoms with van der Waals surface area (Å²) < 4.78 is 35.7. The van der Waals surface area contributed by atoms with Gasteiger partial charge in [0, 0.05) is 29.9 Å². The Bertz CT molecular complexity index is 1600. The Balaban J connectivity index is 1.90. The Morgan fingerprint density at radius 2 is 0.951 bits per heavy atom. The summed E-state index contributed by atoms with van der Waals surface area (Å²) >= 11 is 0. The van der Waals surface area contributed by atoms with Gasteiger partial charge in [0.1, 0.15) is 5.82 Å². The van der Waals surface area contributed by atoms with Crippen molar-refractivity contribution in [1.82, 2.24) is 0 Å². The first-order chi connectivity index (χ1) is 19.7. The summed E-state index contributed by atoms with van der Waals surface area (Å²) in [6, 6.07) is 13.2. The molecule has 0 heterocycles. The van der Waals surface area contributed by atoms with Crippen LogP contribution in [0.3, 0.4) is 0 Å². The lowest BCUT2D eigenvalue weighted by Gasteiger charge is -2.12. The number of carbonyl (C=O) groups excluding carboxylic acids is 4. The maximum atomic E-state index is 15.2. The van der Waals surface area contributed by atoms with Crippen molar-refractivity contribution in [3.8, 4) is 34.1 Å². The molecule has 0 unspecified atom stereocenters. The van der Waals surface area contributed by atoms with Crippen LogP contribution < -0.4 is 18.9 Å². The average Bonchev–Trinajstić information content (AvgIpc) is 2.97. The maximum Gasteiger partial charge on any atom is 0.335 e. The van der Waals surface area contributed by atoms with Gasteiger partial charge in [0.05, 0.1) is 0 Å².